The summed E-state index contributed by atoms with van der Waals surface area (Å²) in [5, 5.41) is 0.629. The fraction of sp³-hybridized carbons (Fsp3) is 0.188. The SMILES string of the molecule is CN(C)c1cc(C(N)=Nc2ccc(S(C)(=O)=O)cc2)ccc1Cl. The Labute approximate surface area is 141 Å². The van der Waals surface area contributed by atoms with Crippen molar-refractivity contribution < 1.29 is 8.42 Å². The van der Waals surface area contributed by atoms with Crippen LogP contribution in [0.1, 0.15) is 5.56 Å². The lowest BCUT2D eigenvalue weighted by molar-refractivity contribution is 0.602. The first-order chi connectivity index (χ1) is 10.7. The van der Waals surface area contributed by atoms with Crippen LogP contribution in [-0.4, -0.2) is 34.6 Å². The van der Waals surface area contributed by atoms with Gasteiger partial charge in [0.2, 0.25) is 0 Å². The predicted octanol–water partition coefficient (Wildman–Crippen LogP) is 2.85. The van der Waals surface area contributed by atoms with Gasteiger partial charge in [-0.25, -0.2) is 13.4 Å². The van der Waals surface area contributed by atoms with E-state index in [-0.39, 0.29) is 4.90 Å². The molecule has 0 atom stereocenters. The van der Waals surface area contributed by atoms with Crippen molar-refractivity contribution in [2.75, 3.05) is 25.3 Å². The van der Waals surface area contributed by atoms with Crippen LogP contribution in [0.5, 0.6) is 0 Å². The molecule has 0 unspecified atom stereocenters. The molecule has 0 saturated heterocycles. The van der Waals surface area contributed by atoms with Gasteiger partial charge in [0.15, 0.2) is 9.84 Å². The molecule has 0 fully saturated rings. The first-order valence-electron chi connectivity index (χ1n) is 6.80. The number of aliphatic imine (C=N–C) groups is 1. The van der Waals surface area contributed by atoms with Crippen LogP contribution in [-0.2, 0) is 9.84 Å². The van der Waals surface area contributed by atoms with Crippen LogP contribution in [0.2, 0.25) is 5.02 Å². The largest absolute Gasteiger partial charge is 0.383 e. The third kappa shape index (κ3) is 4.24. The zero-order chi connectivity index (χ0) is 17.2. The minimum Gasteiger partial charge on any atom is -0.383 e. The summed E-state index contributed by atoms with van der Waals surface area (Å²) in [5.74, 6) is 0.330. The highest BCUT2D eigenvalue weighted by Gasteiger charge is 2.08. The van der Waals surface area contributed by atoms with E-state index in [2.05, 4.69) is 4.99 Å². The summed E-state index contributed by atoms with van der Waals surface area (Å²) in [6.07, 6.45) is 1.16. The molecule has 2 aromatic rings. The smallest absolute Gasteiger partial charge is 0.175 e. The van der Waals surface area contributed by atoms with E-state index in [9.17, 15) is 8.42 Å². The molecule has 2 aromatic carbocycles. The third-order valence-corrected chi connectivity index (χ3v) is 4.69. The Morgan fingerprint density at radius 3 is 2.26 bits per heavy atom. The highest BCUT2D eigenvalue weighted by molar-refractivity contribution is 7.90. The van der Waals surface area contributed by atoms with Gasteiger partial charge in [-0.3, -0.25) is 0 Å². The summed E-state index contributed by atoms with van der Waals surface area (Å²) in [4.78, 5) is 6.46. The number of benzene rings is 2. The van der Waals surface area contributed by atoms with Gasteiger partial charge in [0.05, 0.1) is 21.3 Å². The fourth-order valence-corrected chi connectivity index (χ4v) is 2.90. The van der Waals surface area contributed by atoms with Crippen LogP contribution in [0.25, 0.3) is 0 Å². The molecule has 122 valence electrons. The third-order valence-electron chi connectivity index (χ3n) is 3.24. The van der Waals surface area contributed by atoms with Gasteiger partial charge >= 0.3 is 0 Å². The Morgan fingerprint density at radius 1 is 1.13 bits per heavy atom. The number of anilines is 1. The average molecular weight is 352 g/mol. The van der Waals surface area contributed by atoms with Crippen molar-refractivity contribution in [2.24, 2.45) is 10.7 Å². The first-order valence-corrected chi connectivity index (χ1v) is 9.07. The summed E-state index contributed by atoms with van der Waals surface area (Å²) in [7, 11) is 0.562. The number of sulfone groups is 1. The van der Waals surface area contributed by atoms with Gasteiger partial charge in [-0.2, -0.15) is 0 Å². The second kappa shape index (κ2) is 6.60. The Hall–Kier alpha value is -2.05. The van der Waals surface area contributed by atoms with E-state index in [0.717, 1.165) is 17.5 Å². The standard InChI is InChI=1S/C16H18ClN3O2S/c1-20(2)15-10-11(4-9-14(15)17)16(18)19-12-5-7-13(8-6-12)23(3,21)22/h4-10H,1-3H3,(H2,18,19). The van der Waals surface area contributed by atoms with Gasteiger partial charge in [-0.05, 0) is 42.5 Å². The molecule has 0 aliphatic rings. The van der Waals surface area contributed by atoms with Crippen LogP contribution in [0.15, 0.2) is 52.4 Å². The maximum Gasteiger partial charge on any atom is 0.175 e. The average Bonchev–Trinajstić information content (AvgIpc) is 2.47. The van der Waals surface area contributed by atoms with Crippen molar-refractivity contribution in [3.8, 4) is 0 Å². The number of hydrogen-bond acceptors (Lipinski definition) is 4. The molecule has 0 heterocycles. The lowest BCUT2D eigenvalue weighted by Crippen LogP contribution is -2.15. The van der Waals surface area contributed by atoms with E-state index in [1.54, 1.807) is 24.3 Å². The molecule has 2 rings (SSSR count). The Balaban J connectivity index is 2.35. The zero-order valence-corrected chi connectivity index (χ0v) is 14.7. The highest BCUT2D eigenvalue weighted by Crippen LogP contribution is 2.26. The van der Waals surface area contributed by atoms with Gasteiger partial charge in [0.1, 0.15) is 5.84 Å². The Kier molecular flexibility index (Phi) is 4.97. The monoisotopic (exact) mass is 351 g/mol. The maximum absolute atomic E-state index is 11.4. The van der Waals surface area contributed by atoms with Crippen molar-refractivity contribution in [3.05, 3.63) is 53.1 Å². The second-order valence-corrected chi connectivity index (χ2v) is 7.75. The zero-order valence-electron chi connectivity index (χ0n) is 13.1. The molecular formula is C16H18ClN3O2S. The van der Waals surface area contributed by atoms with Crippen LogP contribution < -0.4 is 10.6 Å². The summed E-state index contributed by atoms with van der Waals surface area (Å²) >= 11 is 6.14. The quantitative estimate of drug-likeness (QED) is 0.678. The van der Waals surface area contributed by atoms with E-state index in [1.807, 2.05) is 25.1 Å². The van der Waals surface area contributed by atoms with E-state index in [0.29, 0.717) is 16.5 Å². The minimum absolute atomic E-state index is 0.247. The van der Waals surface area contributed by atoms with Crippen molar-refractivity contribution in [1.82, 2.24) is 0 Å². The van der Waals surface area contributed by atoms with Crippen molar-refractivity contribution in [2.45, 2.75) is 4.90 Å². The van der Waals surface area contributed by atoms with Crippen LogP contribution in [0.3, 0.4) is 0 Å². The summed E-state index contributed by atoms with van der Waals surface area (Å²) in [5.41, 5.74) is 8.20. The van der Waals surface area contributed by atoms with E-state index in [1.165, 1.54) is 12.1 Å². The van der Waals surface area contributed by atoms with Crippen LogP contribution >= 0.6 is 11.6 Å². The summed E-state index contributed by atoms with van der Waals surface area (Å²) in [6, 6.07) is 11.7. The van der Waals surface area contributed by atoms with Crippen molar-refractivity contribution in [3.63, 3.8) is 0 Å². The molecule has 0 aromatic heterocycles. The molecular weight excluding hydrogens is 334 g/mol. The van der Waals surface area contributed by atoms with E-state index in [4.69, 9.17) is 17.3 Å². The number of rotatable bonds is 4. The molecule has 0 bridgehead atoms. The molecule has 2 N–H and O–H groups in total. The maximum atomic E-state index is 11.4. The van der Waals surface area contributed by atoms with E-state index >= 15 is 0 Å². The minimum atomic E-state index is -3.22. The lowest BCUT2D eigenvalue weighted by Gasteiger charge is -2.15. The van der Waals surface area contributed by atoms with Gasteiger partial charge in [-0.15, -0.1) is 0 Å². The first kappa shape index (κ1) is 17.3. The van der Waals surface area contributed by atoms with Gasteiger partial charge in [0.25, 0.3) is 0 Å². The van der Waals surface area contributed by atoms with Crippen molar-refractivity contribution >= 4 is 38.6 Å². The van der Waals surface area contributed by atoms with Crippen molar-refractivity contribution in [1.29, 1.82) is 0 Å². The molecule has 0 aliphatic heterocycles. The highest BCUT2D eigenvalue weighted by atomic mass is 35.5. The molecule has 5 nitrogen and oxygen atoms in total. The fourth-order valence-electron chi connectivity index (χ4n) is 1.99. The number of hydrogen-bond donors (Lipinski definition) is 1. The molecule has 0 radical (unpaired) electrons. The molecule has 23 heavy (non-hydrogen) atoms. The summed E-state index contributed by atoms with van der Waals surface area (Å²) < 4.78 is 22.9. The Bertz CT molecular complexity index is 844. The molecule has 0 amide bonds. The Morgan fingerprint density at radius 2 is 1.74 bits per heavy atom. The van der Waals surface area contributed by atoms with Gasteiger partial charge in [-0.1, -0.05) is 11.6 Å². The molecule has 7 heteroatoms. The second-order valence-electron chi connectivity index (χ2n) is 5.32. The topological polar surface area (TPSA) is 75.8 Å². The molecule has 0 saturated carbocycles. The number of nitrogens with zero attached hydrogens (tertiary/aromatic N) is 2. The number of amidine groups is 1. The summed E-state index contributed by atoms with van der Waals surface area (Å²) in [6.45, 7) is 0. The molecule has 0 aliphatic carbocycles. The van der Waals surface area contributed by atoms with Gasteiger partial charge in [0, 0.05) is 25.9 Å². The van der Waals surface area contributed by atoms with Crippen LogP contribution in [0.4, 0.5) is 11.4 Å². The van der Waals surface area contributed by atoms with Gasteiger partial charge < -0.3 is 10.6 Å². The normalized spacial score (nSPS) is 12.3. The van der Waals surface area contributed by atoms with Crippen LogP contribution in [0, 0.1) is 0 Å². The van der Waals surface area contributed by atoms with E-state index < -0.39 is 9.84 Å². The number of nitrogens with two attached hydrogens (primary N) is 1. The lowest BCUT2D eigenvalue weighted by atomic mass is 10.1. The predicted molar refractivity (Wildman–Crippen MR) is 95.7 cm³/mol. The number of halogens is 1. The molecule has 0 spiro atoms.